The Kier molecular flexibility index (Phi) is 4.57. The summed E-state index contributed by atoms with van der Waals surface area (Å²) in [5.74, 6) is -6.93. The number of carbonyl (C=O) groups is 3. The Hall–Kier alpha value is -3.62. The fraction of sp³-hybridized carbons (Fsp3) is 0.200. The van der Waals surface area contributed by atoms with Gasteiger partial charge in [-0.15, -0.1) is 0 Å². The molecule has 1 aliphatic heterocycles. The van der Waals surface area contributed by atoms with E-state index in [-0.39, 0.29) is 17.9 Å². The van der Waals surface area contributed by atoms with Gasteiger partial charge < -0.3 is 9.72 Å². The summed E-state index contributed by atoms with van der Waals surface area (Å²) in [6.07, 6.45) is 1.45. The molecule has 2 heterocycles. The number of fused-ring (bicyclic) bond motifs is 1. The Labute approximate surface area is 163 Å². The molecule has 1 aromatic heterocycles. The summed E-state index contributed by atoms with van der Waals surface area (Å²) in [5, 5.41) is 0. The highest BCUT2D eigenvalue weighted by atomic mass is 19.2. The number of hydrogen-bond acceptors (Lipinski definition) is 5. The van der Waals surface area contributed by atoms with Gasteiger partial charge in [0.2, 0.25) is 5.91 Å². The molecular formula is C20H15F2N3O4. The lowest BCUT2D eigenvalue weighted by Crippen LogP contribution is -2.32. The molecule has 1 aliphatic rings. The summed E-state index contributed by atoms with van der Waals surface area (Å²) in [6.45, 7) is 1.50. The van der Waals surface area contributed by atoms with Crippen molar-refractivity contribution < 1.29 is 27.9 Å². The minimum atomic E-state index is -1.75. The SMILES string of the molecule is CCOC(=O)C1C(=O)C(c2cccc(F)c2F)N(c2ccc3[nH]cnc3c2)C1=O. The number of benzene rings is 2. The van der Waals surface area contributed by atoms with E-state index in [1.807, 2.05) is 0 Å². The van der Waals surface area contributed by atoms with Crippen LogP contribution >= 0.6 is 0 Å². The molecule has 1 N–H and O–H groups in total. The summed E-state index contributed by atoms with van der Waals surface area (Å²) in [6, 6.07) is 6.52. The van der Waals surface area contributed by atoms with Crippen molar-refractivity contribution in [3.05, 3.63) is 59.9 Å². The number of amides is 1. The number of ketones is 1. The number of aromatic amines is 1. The van der Waals surface area contributed by atoms with Gasteiger partial charge in [-0.05, 0) is 31.2 Å². The number of ether oxygens (including phenoxy) is 1. The molecule has 2 aromatic carbocycles. The molecule has 4 rings (SSSR count). The Morgan fingerprint density at radius 3 is 2.79 bits per heavy atom. The summed E-state index contributed by atoms with van der Waals surface area (Å²) >= 11 is 0. The number of imidazole rings is 1. The molecule has 29 heavy (non-hydrogen) atoms. The highest BCUT2D eigenvalue weighted by molar-refractivity contribution is 6.29. The molecule has 2 atom stereocenters. The van der Waals surface area contributed by atoms with Crippen LogP contribution in [0.15, 0.2) is 42.7 Å². The van der Waals surface area contributed by atoms with Crippen LogP contribution in [0.2, 0.25) is 0 Å². The van der Waals surface area contributed by atoms with Crippen molar-refractivity contribution in [1.29, 1.82) is 0 Å². The lowest BCUT2D eigenvalue weighted by Gasteiger charge is -2.24. The molecule has 0 spiro atoms. The Morgan fingerprint density at radius 1 is 1.24 bits per heavy atom. The monoisotopic (exact) mass is 399 g/mol. The molecule has 3 aromatic rings. The van der Waals surface area contributed by atoms with Crippen LogP contribution in [-0.2, 0) is 19.1 Å². The van der Waals surface area contributed by atoms with Crippen LogP contribution in [0.5, 0.6) is 0 Å². The number of halogens is 2. The molecule has 1 amide bonds. The minimum absolute atomic E-state index is 0.0336. The zero-order valence-corrected chi connectivity index (χ0v) is 15.2. The van der Waals surface area contributed by atoms with Crippen LogP contribution in [0.4, 0.5) is 14.5 Å². The van der Waals surface area contributed by atoms with Crippen molar-refractivity contribution in [3.63, 3.8) is 0 Å². The normalized spacial score (nSPS) is 19.2. The molecule has 2 unspecified atom stereocenters. The smallest absolute Gasteiger partial charge is 0.326 e. The fourth-order valence-corrected chi connectivity index (χ4v) is 3.49. The molecule has 0 radical (unpaired) electrons. The first-order valence-electron chi connectivity index (χ1n) is 8.84. The second kappa shape index (κ2) is 7.08. The lowest BCUT2D eigenvalue weighted by atomic mass is 9.97. The zero-order chi connectivity index (χ0) is 20.7. The van der Waals surface area contributed by atoms with Crippen LogP contribution in [0, 0.1) is 17.6 Å². The van der Waals surface area contributed by atoms with Gasteiger partial charge >= 0.3 is 5.97 Å². The topological polar surface area (TPSA) is 92.4 Å². The van der Waals surface area contributed by atoms with E-state index in [0.29, 0.717) is 11.0 Å². The van der Waals surface area contributed by atoms with Gasteiger partial charge in [0.15, 0.2) is 23.3 Å². The molecule has 7 nitrogen and oxygen atoms in total. The average molecular weight is 399 g/mol. The van der Waals surface area contributed by atoms with Gasteiger partial charge in [0, 0.05) is 11.3 Å². The molecule has 1 fully saturated rings. The van der Waals surface area contributed by atoms with Crippen LogP contribution in [0.25, 0.3) is 11.0 Å². The maximum atomic E-state index is 14.5. The number of esters is 1. The number of Topliss-reactive ketones (excluding diaryl/α,β-unsaturated/α-hetero) is 1. The summed E-state index contributed by atoms with van der Waals surface area (Å²) in [5.41, 5.74) is 1.07. The van der Waals surface area contributed by atoms with E-state index in [9.17, 15) is 23.2 Å². The maximum Gasteiger partial charge on any atom is 0.326 e. The fourth-order valence-electron chi connectivity index (χ4n) is 3.49. The molecule has 148 valence electrons. The standard InChI is InChI=1S/C20H15F2N3O4/c1-2-29-20(28)15-18(26)17(11-4-3-5-12(21)16(11)22)25(19(15)27)10-6-7-13-14(8-10)24-9-23-13/h3-9,15,17H,2H2,1H3,(H,23,24). The molecule has 1 saturated heterocycles. The van der Waals surface area contributed by atoms with Crippen molar-refractivity contribution in [1.82, 2.24) is 9.97 Å². The van der Waals surface area contributed by atoms with Crippen LogP contribution in [0.3, 0.4) is 0 Å². The Balaban J connectivity index is 1.88. The number of nitrogens with one attached hydrogen (secondary N) is 1. The van der Waals surface area contributed by atoms with Crippen molar-refractivity contribution in [2.24, 2.45) is 5.92 Å². The van der Waals surface area contributed by atoms with Crippen LogP contribution < -0.4 is 4.90 Å². The van der Waals surface area contributed by atoms with Crippen molar-refractivity contribution in [2.75, 3.05) is 11.5 Å². The second-order valence-electron chi connectivity index (χ2n) is 6.45. The van der Waals surface area contributed by atoms with Gasteiger partial charge in [0.1, 0.15) is 6.04 Å². The van der Waals surface area contributed by atoms with Gasteiger partial charge in [-0.25, -0.2) is 13.8 Å². The largest absolute Gasteiger partial charge is 0.465 e. The first kappa shape index (κ1) is 18.7. The van der Waals surface area contributed by atoms with E-state index >= 15 is 0 Å². The number of anilines is 1. The van der Waals surface area contributed by atoms with E-state index in [0.717, 1.165) is 11.0 Å². The third-order valence-electron chi connectivity index (χ3n) is 4.78. The number of aromatic nitrogens is 2. The average Bonchev–Trinajstić information content (AvgIpc) is 3.25. The predicted octanol–water partition coefficient (Wildman–Crippen LogP) is 2.68. The molecule has 0 bridgehead atoms. The number of hydrogen-bond donors (Lipinski definition) is 1. The lowest BCUT2D eigenvalue weighted by molar-refractivity contribution is -0.152. The number of H-pyrrole nitrogens is 1. The van der Waals surface area contributed by atoms with Crippen LogP contribution in [-0.4, -0.2) is 34.2 Å². The predicted molar refractivity (Wildman–Crippen MR) is 97.8 cm³/mol. The van der Waals surface area contributed by atoms with Gasteiger partial charge in [-0.2, -0.15) is 0 Å². The Morgan fingerprint density at radius 2 is 2.03 bits per heavy atom. The van der Waals surface area contributed by atoms with Crippen molar-refractivity contribution in [3.8, 4) is 0 Å². The number of rotatable bonds is 4. The van der Waals surface area contributed by atoms with E-state index in [4.69, 9.17) is 4.74 Å². The number of carbonyl (C=O) groups excluding carboxylic acids is 3. The molecular weight excluding hydrogens is 384 g/mol. The van der Waals surface area contributed by atoms with Gasteiger partial charge in [0.05, 0.1) is 24.0 Å². The number of nitrogens with zero attached hydrogens (tertiary/aromatic N) is 2. The van der Waals surface area contributed by atoms with Gasteiger partial charge in [0.25, 0.3) is 0 Å². The van der Waals surface area contributed by atoms with E-state index in [1.165, 1.54) is 37.5 Å². The summed E-state index contributed by atoms with van der Waals surface area (Å²) in [7, 11) is 0. The third-order valence-corrected chi connectivity index (χ3v) is 4.78. The minimum Gasteiger partial charge on any atom is -0.465 e. The second-order valence-corrected chi connectivity index (χ2v) is 6.45. The zero-order valence-electron chi connectivity index (χ0n) is 15.2. The molecule has 9 heteroatoms. The van der Waals surface area contributed by atoms with Gasteiger partial charge in [-0.3, -0.25) is 19.3 Å². The first-order chi connectivity index (χ1) is 13.9. The third kappa shape index (κ3) is 2.95. The van der Waals surface area contributed by atoms with E-state index < -0.39 is 41.3 Å². The summed E-state index contributed by atoms with van der Waals surface area (Å²) < 4.78 is 33.2. The van der Waals surface area contributed by atoms with Crippen LogP contribution in [0.1, 0.15) is 18.5 Å². The van der Waals surface area contributed by atoms with Crippen molar-refractivity contribution in [2.45, 2.75) is 13.0 Å². The quantitative estimate of drug-likeness (QED) is 0.538. The van der Waals surface area contributed by atoms with Gasteiger partial charge in [-0.1, -0.05) is 12.1 Å². The Bertz CT molecular complexity index is 1140. The maximum absolute atomic E-state index is 14.5. The first-order valence-corrected chi connectivity index (χ1v) is 8.84. The molecule has 0 saturated carbocycles. The van der Waals surface area contributed by atoms with Crippen molar-refractivity contribution >= 4 is 34.4 Å². The van der Waals surface area contributed by atoms with E-state index in [1.54, 1.807) is 6.07 Å². The highest BCUT2D eigenvalue weighted by Gasteiger charge is 2.53. The molecule has 0 aliphatic carbocycles. The highest BCUT2D eigenvalue weighted by Crippen LogP contribution is 2.39. The summed E-state index contributed by atoms with van der Waals surface area (Å²) in [4.78, 5) is 46.3. The van der Waals surface area contributed by atoms with E-state index in [2.05, 4.69) is 9.97 Å².